The molecule has 0 saturated carbocycles. The fourth-order valence-corrected chi connectivity index (χ4v) is 1.55. The Bertz CT molecular complexity index is 467. The predicted molar refractivity (Wildman–Crippen MR) is 69.7 cm³/mol. The third-order valence-electron chi connectivity index (χ3n) is 2.72. The van der Waals surface area contributed by atoms with Crippen molar-refractivity contribution in [2.75, 3.05) is 7.05 Å². The molecule has 0 bridgehead atoms. The number of carbonyl (C=O) groups is 2. The van der Waals surface area contributed by atoms with Crippen LogP contribution in [-0.4, -0.2) is 35.1 Å². The van der Waals surface area contributed by atoms with Crippen LogP contribution in [0.25, 0.3) is 0 Å². The van der Waals surface area contributed by atoms with E-state index in [1.54, 1.807) is 26.3 Å². The molecule has 1 rings (SSSR count). The van der Waals surface area contributed by atoms with E-state index >= 15 is 0 Å². The number of carbonyl (C=O) groups excluding carboxylic acids is 1. The minimum atomic E-state index is -1.08. The van der Waals surface area contributed by atoms with Gasteiger partial charge in [-0.2, -0.15) is 0 Å². The molecular weight excluding hydrogens is 248 g/mol. The Hall–Kier alpha value is -2.24. The number of hydrogen-bond acceptors (Lipinski definition) is 3. The molecule has 2 amide bonds. The topological polar surface area (TPSA) is 82.8 Å². The summed E-state index contributed by atoms with van der Waals surface area (Å²) in [4.78, 5) is 24.2. The van der Waals surface area contributed by atoms with Gasteiger partial charge in [-0.3, -0.25) is 0 Å². The zero-order chi connectivity index (χ0) is 14.4. The van der Waals surface area contributed by atoms with Crippen molar-refractivity contribution in [3.8, 4) is 0 Å². The van der Waals surface area contributed by atoms with Gasteiger partial charge in [0.2, 0.25) is 0 Å². The number of amides is 2. The summed E-state index contributed by atoms with van der Waals surface area (Å²) in [5.74, 6) is -0.346. The van der Waals surface area contributed by atoms with Gasteiger partial charge in [-0.15, -0.1) is 6.58 Å². The smallest absolute Gasteiger partial charge is 0.326 e. The van der Waals surface area contributed by atoms with E-state index < -0.39 is 18.0 Å². The van der Waals surface area contributed by atoms with Crippen molar-refractivity contribution in [1.82, 2.24) is 10.2 Å². The van der Waals surface area contributed by atoms with E-state index in [0.717, 1.165) is 11.3 Å². The number of aliphatic carboxylic acids is 1. The molecule has 1 aromatic rings. The summed E-state index contributed by atoms with van der Waals surface area (Å²) in [6.07, 6.45) is 3.19. The first kappa shape index (κ1) is 14.8. The maximum atomic E-state index is 11.9. The highest BCUT2D eigenvalue weighted by Crippen LogP contribution is 2.11. The normalized spacial score (nSPS) is 11.7. The second-order valence-corrected chi connectivity index (χ2v) is 4.22. The monoisotopic (exact) mass is 266 g/mol. The lowest BCUT2D eigenvalue weighted by Crippen LogP contribution is -2.46. The maximum absolute atomic E-state index is 11.9. The van der Waals surface area contributed by atoms with E-state index in [1.165, 1.54) is 11.0 Å². The molecule has 0 aliphatic heterocycles. The first-order chi connectivity index (χ1) is 8.95. The molecule has 2 N–H and O–H groups in total. The lowest BCUT2D eigenvalue weighted by atomic mass is 10.2. The molecule has 0 radical (unpaired) electrons. The lowest BCUT2D eigenvalue weighted by molar-refractivity contribution is -0.139. The van der Waals surface area contributed by atoms with Crippen molar-refractivity contribution in [3.05, 3.63) is 36.3 Å². The molecule has 1 atom stereocenters. The van der Waals surface area contributed by atoms with E-state index in [2.05, 4.69) is 11.9 Å². The summed E-state index contributed by atoms with van der Waals surface area (Å²) >= 11 is 0. The number of carboxylic acids is 1. The van der Waals surface area contributed by atoms with Gasteiger partial charge in [0.15, 0.2) is 0 Å². The molecule has 6 heteroatoms. The van der Waals surface area contributed by atoms with E-state index in [0.29, 0.717) is 6.54 Å². The zero-order valence-corrected chi connectivity index (χ0v) is 11.0. The summed E-state index contributed by atoms with van der Waals surface area (Å²) < 4.78 is 5.14. The molecule has 0 aliphatic carbocycles. The van der Waals surface area contributed by atoms with Gasteiger partial charge >= 0.3 is 12.0 Å². The first-order valence-electron chi connectivity index (χ1n) is 5.84. The molecule has 0 fully saturated rings. The largest absolute Gasteiger partial charge is 0.480 e. The number of nitrogens with one attached hydrogen (secondary N) is 1. The van der Waals surface area contributed by atoms with Crippen molar-refractivity contribution >= 4 is 12.0 Å². The average molecular weight is 266 g/mol. The number of furan rings is 1. The van der Waals surface area contributed by atoms with E-state index in [4.69, 9.17) is 9.52 Å². The van der Waals surface area contributed by atoms with Gasteiger partial charge in [0.05, 0.1) is 12.8 Å². The molecule has 6 nitrogen and oxygen atoms in total. The molecular formula is C13H18N2O4. The van der Waals surface area contributed by atoms with Gasteiger partial charge in [-0.25, -0.2) is 9.59 Å². The molecule has 0 aromatic carbocycles. The molecule has 0 aliphatic rings. The zero-order valence-electron chi connectivity index (χ0n) is 11.0. The number of carboxylic acid groups (broad SMARTS) is 1. The molecule has 104 valence electrons. The Morgan fingerprint density at radius 2 is 2.32 bits per heavy atom. The van der Waals surface area contributed by atoms with Gasteiger partial charge in [0.25, 0.3) is 0 Å². The van der Waals surface area contributed by atoms with Gasteiger partial charge in [0.1, 0.15) is 11.8 Å². The highest BCUT2D eigenvalue weighted by atomic mass is 16.4. The lowest BCUT2D eigenvalue weighted by Gasteiger charge is -2.20. The summed E-state index contributed by atoms with van der Waals surface area (Å²) in [6.45, 7) is 5.63. The van der Waals surface area contributed by atoms with Gasteiger partial charge in [-0.05, 0) is 19.4 Å². The fraction of sp³-hybridized carbons (Fsp3) is 0.385. The van der Waals surface area contributed by atoms with Gasteiger partial charge < -0.3 is 19.7 Å². The quantitative estimate of drug-likeness (QED) is 0.768. The van der Waals surface area contributed by atoms with Gasteiger partial charge in [-0.1, -0.05) is 6.08 Å². The minimum Gasteiger partial charge on any atom is -0.480 e. The van der Waals surface area contributed by atoms with E-state index in [-0.39, 0.29) is 6.42 Å². The second-order valence-electron chi connectivity index (χ2n) is 4.22. The highest BCUT2D eigenvalue weighted by molar-refractivity contribution is 5.82. The number of nitrogens with zero attached hydrogens (tertiary/aromatic N) is 1. The van der Waals surface area contributed by atoms with Crippen molar-refractivity contribution in [2.45, 2.75) is 25.9 Å². The van der Waals surface area contributed by atoms with Crippen molar-refractivity contribution in [3.63, 3.8) is 0 Å². The van der Waals surface area contributed by atoms with Crippen LogP contribution in [0, 0.1) is 6.92 Å². The van der Waals surface area contributed by atoms with Crippen LogP contribution in [0.5, 0.6) is 0 Å². The molecule has 19 heavy (non-hydrogen) atoms. The summed E-state index contributed by atoms with van der Waals surface area (Å²) in [7, 11) is 1.59. The maximum Gasteiger partial charge on any atom is 0.326 e. The van der Waals surface area contributed by atoms with Crippen LogP contribution < -0.4 is 5.32 Å². The Balaban J connectivity index is 2.59. The van der Waals surface area contributed by atoms with Gasteiger partial charge in [0, 0.05) is 12.6 Å². The highest BCUT2D eigenvalue weighted by Gasteiger charge is 2.20. The van der Waals surface area contributed by atoms with Crippen LogP contribution in [-0.2, 0) is 11.3 Å². The summed E-state index contributed by atoms with van der Waals surface area (Å²) in [6, 6.07) is 0.366. The molecule has 0 spiro atoms. The van der Waals surface area contributed by atoms with Crippen molar-refractivity contribution in [2.24, 2.45) is 0 Å². The summed E-state index contributed by atoms with van der Waals surface area (Å²) in [5.41, 5.74) is 0.883. The Kier molecular flexibility index (Phi) is 5.17. The van der Waals surface area contributed by atoms with Crippen LogP contribution in [0.1, 0.15) is 17.7 Å². The van der Waals surface area contributed by atoms with Crippen LogP contribution in [0.4, 0.5) is 4.79 Å². The molecule has 1 aromatic heterocycles. The average Bonchev–Trinajstić information content (AvgIpc) is 2.74. The van der Waals surface area contributed by atoms with E-state index in [1.807, 2.05) is 0 Å². The SMILES string of the molecule is C=CCC(NC(=O)N(C)Cc1ccoc1C)C(=O)O. The number of hydrogen-bond donors (Lipinski definition) is 2. The molecule has 1 heterocycles. The molecule has 1 unspecified atom stereocenters. The molecule has 0 saturated heterocycles. The summed E-state index contributed by atoms with van der Waals surface area (Å²) in [5, 5.41) is 11.4. The predicted octanol–water partition coefficient (Wildman–Crippen LogP) is 1.76. The number of urea groups is 1. The van der Waals surface area contributed by atoms with Crippen molar-refractivity contribution in [1.29, 1.82) is 0 Å². The van der Waals surface area contributed by atoms with Crippen LogP contribution in [0.2, 0.25) is 0 Å². The van der Waals surface area contributed by atoms with E-state index in [9.17, 15) is 9.59 Å². The third kappa shape index (κ3) is 4.17. The number of aryl methyl sites for hydroxylation is 1. The number of rotatable bonds is 6. The van der Waals surface area contributed by atoms with Crippen molar-refractivity contribution < 1.29 is 19.1 Å². The Morgan fingerprint density at radius 1 is 1.63 bits per heavy atom. The van der Waals surface area contributed by atoms with Crippen LogP contribution >= 0.6 is 0 Å². The Morgan fingerprint density at radius 3 is 2.79 bits per heavy atom. The van der Waals surface area contributed by atoms with Crippen LogP contribution in [0.15, 0.2) is 29.4 Å². The third-order valence-corrected chi connectivity index (χ3v) is 2.72. The van der Waals surface area contributed by atoms with Crippen LogP contribution in [0.3, 0.4) is 0 Å². The standard InChI is InChI=1S/C13H18N2O4/c1-4-5-11(12(16)17)14-13(18)15(3)8-10-6-7-19-9(10)2/h4,6-7,11H,1,5,8H2,2-3H3,(H,14,18)(H,16,17). The Labute approximate surface area is 111 Å². The fourth-order valence-electron chi connectivity index (χ4n) is 1.55. The first-order valence-corrected chi connectivity index (χ1v) is 5.84. The minimum absolute atomic E-state index is 0.180. The second kappa shape index (κ2) is 6.63.